The van der Waals surface area contributed by atoms with Gasteiger partial charge in [0, 0.05) is 26.2 Å². The van der Waals surface area contributed by atoms with Crippen LogP contribution >= 0.6 is 0 Å². The van der Waals surface area contributed by atoms with Crippen molar-refractivity contribution < 1.29 is 4.39 Å². The largest absolute Gasteiger partial charge is 0.302 e. The number of likely N-dealkylation sites (N-methyl/N-ethyl adjacent to an activating group) is 1. The Bertz CT molecular complexity index is 835. The maximum atomic E-state index is 13.6. The molecule has 0 radical (unpaired) electrons. The molecule has 0 amide bonds. The highest BCUT2D eigenvalue weighted by Crippen LogP contribution is 2.26. The van der Waals surface area contributed by atoms with Crippen LogP contribution in [0.1, 0.15) is 51.9 Å². The molecule has 1 unspecified atom stereocenters. The fourth-order valence-corrected chi connectivity index (χ4v) is 4.14. The first-order chi connectivity index (χ1) is 13.1. The molecule has 148 valence electrons. The molecule has 1 aliphatic rings. The monoisotopic (exact) mass is 374 g/mol. The van der Waals surface area contributed by atoms with E-state index in [1.807, 2.05) is 6.92 Å². The molecule has 6 heteroatoms. The molecule has 1 aromatic carbocycles. The minimum atomic E-state index is -0.394. The zero-order chi connectivity index (χ0) is 19.4. The van der Waals surface area contributed by atoms with E-state index >= 15 is 0 Å². The van der Waals surface area contributed by atoms with Crippen LogP contribution in [0.3, 0.4) is 0 Å². The van der Waals surface area contributed by atoms with Gasteiger partial charge in [-0.25, -0.2) is 9.37 Å². The van der Waals surface area contributed by atoms with Crippen LogP contribution in [-0.2, 0) is 6.54 Å². The van der Waals surface area contributed by atoms with E-state index < -0.39 is 5.82 Å². The molecule has 1 aromatic heterocycles. The lowest BCUT2D eigenvalue weighted by molar-refractivity contribution is 0.177. The highest BCUT2D eigenvalue weighted by atomic mass is 19.1. The average Bonchev–Trinajstić information content (AvgIpc) is 2.92. The Morgan fingerprint density at radius 1 is 1.11 bits per heavy atom. The number of halogens is 1. The number of fused-ring (bicyclic) bond motifs is 1. The molecule has 3 rings (SSSR count). The van der Waals surface area contributed by atoms with Gasteiger partial charge in [-0.1, -0.05) is 20.3 Å². The molecule has 1 aliphatic heterocycles. The first kappa shape index (κ1) is 20.0. The predicted octanol–water partition coefficient (Wildman–Crippen LogP) is 3.42. The molecule has 0 N–H and O–H groups in total. The van der Waals surface area contributed by atoms with Gasteiger partial charge in [-0.2, -0.15) is 0 Å². The molecule has 0 saturated carbocycles. The molecule has 0 aliphatic carbocycles. The van der Waals surface area contributed by atoms with E-state index in [-0.39, 0.29) is 11.6 Å². The lowest BCUT2D eigenvalue weighted by Crippen LogP contribution is -2.37. The minimum absolute atomic E-state index is 0.119. The lowest BCUT2D eigenvalue weighted by Gasteiger charge is -2.31. The topological polar surface area (TPSA) is 41.4 Å². The second-order valence-corrected chi connectivity index (χ2v) is 7.31. The fourth-order valence-electron chi connectivity index (χ4n) is 4.14. The van der Waals surface area contributed by atoms with Gasteiger partial charge in [-0.15, -0.1) is 0 Å². The van der Waals surface area contributed by atoms with E-state index in [2.05, 4.69) is 23.6 Å². The zero-order valence-electron chi connectivity index (χ0n) is 16.7. The summed E-state index contributed by atoms with van der Waals surface area (Å²) in [6.45, 7) is 12.1. The molecule has 0 bridgehead atoms. The van der Waals surface area contributed by atoms with Crippen LogP contribution in [0.5, 0.6) is 0 Å². The third-order valence-corrected chi connectivity index (χ3v) is 5.63. The van der Waals surface area contributed by atoms with Crippen LogP contribution in [0.15, 0.2) is 23.0 Å². The van der Waals surface area contributed by atoms with Gasteiger partial charge in [0.05, 0.1) is 16.9 Å². The van der Waals surface area contributed by atoms with Crippen LogP contribution in [0.4, 0.5) is 4.39 Å². The maximum Gasteiger partial charge on any atom is 0.261 e. The molecule has 27 heavy (non-hydrogen) atoms. The third-order valence-electron chi connectivity index (χ3n) is 5.63. The van der Waals surface area contributed by atoms with Crippen molar-refractivity contribution in [2.45, 2.75) is 52.6 Å². The summed E-state index contributed by atoms with van der Waals surface area (Å²) in [6.07, 6.45) is 3.12. The average molecular weight is 375 g/mol. The number of rotatable bonds is 6. The molecular weight excluding hydrogens is 343 g/mol. The van der Waals surface area contributed by atoms with Gasteiger partial charge in [0.1, 0.15) is 11.6 Å². The summed E-state index contributed by atoms with van der Waals surface area (Å²) in [4.78, 5) is 22.8. The molecule has 5 nitrogen and oxygen atoms in total. The Labute approximate surface area is 160 Å². The quantitative estimate of drug-likeness (QED) is 0.777. The fraction of sp³-hybridized carbons (Fsp3) is 0.619. The standard InChI is InChI=1S/C21H31FN4O/c1-4-8-19(25-12-7-11-24(5-2)13-14-25)20-23-18-10-9-16(22)15-17(18)21(27)26(20)6-3/h9-10,15,19H,4-8,11-14H2,1-3H3. The molecule has 2 heterocycles. The van der Waals surface area contributed by atoms with Crippen LogP contribution in [0.25, 0.3) is 10.9 Å². The summed E-state index contributed by atoms with van der Waals surface area (Å²) in [7, 11) is 0. The summed E-state index contributed by atoms with van der Waals surface area (Å²) >= 11 is 0. The Hall–Kier alpha value is -1.79. The van der Waals surface area contributed by atoms with Gasteiger partial charge in [-0.05, 0) is 51.1 Å². The van der Waals surface area contributed by atoms with Crippen molar-refractivity contribution in [2.24, 2.45) is 0 Å². The van der Waals surface area contributed by atoms with Gasteiger partial charge in [0.2, 0.25) is 0 Å². The summed E-state index contributed by atoms with van der Waals surface area (Å²) < 4.78 is 15.4. The first-order valence-electron chi connectivity index (χ1n) is 10.2. The van der Waals surface area contributed by atoms with Crippen molar-refractivity contribution in [1.82, 2.24) is 19.4 Å². The molecule has 1 atom stereocenters. The Kier molecular flexibility index (Phi) is 6.60. The Morgan fingerprint density at radius 2 is 1.93 bits per heavy atom. The second kappa shape index (κ2) is 8.93. The summed E-state index contributed by atoms with van der Waals surface area (Å²) in [5.74, 6) is 0.433. The van der Waals surface area contributed by atoms with Gasteiger partial charge < -0.3 is 4.90 Å². The molecule has 1 saturated heterocycles. The number of hydrogen-bond acceptors (Lipinski definition) is 4. The van der Waals surface area contributed by atoms with Gasteiger partial charge in [-0.3, -0.25) is 14.3 Å². The van der Waals surface area contributed by atoms with E-state index in [9.17, 15) is 9.18 Å². The number of aromatic nitrogens is 2. The van der Waals surface area contributed by atoms with Crippen molar-refractivity contribution >= 4 is 10.9 Å². The van der Waals surface area contributed by atoms with E-state index in [4.69, 9.17) is 4.98 Å². The van der Waals surface area contributed by atoms with Crippen LogP contribution in [0, 0.1) is 5.82 Å². The highest BCUT2D eigenvalue weighted by molar-refractivity contribution is 5.77. The second-order valence-electron chi connectivity index (χ2n) is 7.31. The lowest BCUT2D eigenvalue weighted by atomic mass is 10.1. The Morgan fingerprint density at radius 3 is 2.63 bits per heavy atom. The van der Waals surface area contributed by atoms with Crippen molar-refractivity contribution in [2.75, 3.05) is 32.7 Å². The summed E-state index contributed by atoms with van der Waals surface area (Å²) in [5.41, 5.74) is 0.454. The highest BCUT2D eigenvalue weighted by Gasteiger charge is 2.27. The predicted molar refractivity (Wildman–Crippen MR) is 108 cm³/mol. The van der Waals surface area contributed by atoms with Crippen molar-refractivity contribution in [3.05, 3.63) is 40.2 Å². The Balaban J connectivity index is 2.05. The molecule has 1 fully saturated rings. The molecular formula is C21H31FN4O. The van der Waals surface area contributed by atoms with Crippen molar-refractivity contribution in [3.63, 3.8) is 0 Å². The van der Waals surface area contributed by atoms with Gasteiger partial charge >= 0.3 is 0 Å². The normalized spacial score (nSPS) is 17.9. The van der Waals surface area contributed by atoms with Crippen LogP contribution in [0.2, 0.25) is 0 Å². The van der Waals surface area contributed by atoms with E-state index in [1.165, 1.54) is 12.1 Å². The van der Waals surface area contributed by atoms with E-state index in [1.54, 1.807) is 10.6 Å². The first-order valence-corrected chi connectivity index (χ1v) is 10.2. The number of nitrogens with zero attached hydrogens (tertiary/aromatic N) is 4. The third kappa shape index (κ3) is 4.22. The maximum absolute atomic E-state index is 13.6. The van der Waals surface area contributed by atoms with Crippen LogP contribution in [-0.4, -0.2) is 52.1 Å². The minimum Gasteiger partial charge on any atom is -0.302 e. The van der Waals surface area contributed by atoms with E-state index in [0.717, 1.165) is 57.8 Å². The van der Waals surface area contributed by atoms with Gasteiger partial charge in [0.25, 0.3) is 5.56 Å². The zero-order valence-corrected chi connectivity index (χ0v) is 16.7. The molecule has 2 aromatic rings. The smallest absolute Gasteiger partial charge is 0.261 e. The van der Waals surface area contributed by atoms with Crippen molar-refractivity contribution in [3.8, 4) is 0 Å². The van der Waals surface area contributed by atoms with Crippen LogP contribution < -0.4 is 5.56 Å². The molecule has 0 spiro atoms. The number of benzene rings is 1. The van der Waals surface area contributed by atoms with Gasteiger partial charge in [0.15, 0.2) is 0 Å². The summed E-state index contributed by atoms with van der Waals surface area (Å²) in [5, 5.41) is 0.365. The van der Waals surface area contributed by atoms with E-state index in [0.29, 0.717) is 17.4 Å². The SMILES string of the molecule is CCCC(c1nc2ccc(F)cc2c(=O)n1CC)N1CCCN(CC)CC1. The van der Waals surface area contributed by atoms with Crippen molar-refractivity contribution in [1.29, 1.82) is 0 Å². The number of hydrogen-bond donors (Lipinski definition) is 0. The summed E-state index contributed by atoms with van der Waals surface area (Å²) in [6, 6.07) is 4.43.